The zero-order chi connectivity index (χ0) is 12.3. The van der Waals surface area contributed by atoms with E-state index in [2.05, 4.69) is 5.32 Å². The van der Waals surface area contributed by atoms with Gasteiger partial charge >= 0.3 is 0 Å². The summed E-state index contributed by atoms with van der Waals surface area (Å²) < 4.78 is 0. The van der Waals surface area contributed by atoms with Gasteiger partial charge in [0.1, 0.15) is 4.99 Å². The highest BCUT2D eigenvalue weighted by atomic mass is 35.5. The molecule has 0 atom stereocenters. The van der Waals surface area contributed by atoms with E-state index in [1.165, 1.54) is 0 Å². The van der Waals surface area contributed by atoms with Gasteiger partial charge in [-0.2, -0.15) is 0 Å². The van der Waals surface area contributed by atoms with Gasteiger partial charge in [-0.1, -0.05) is 53.6 Å². The Hall–Kier alpha value is -1.09. The smallest absolute Gasteiger partial charge is 0.111 e. The first-order valence-electron chi connectivity index (χ1n) is 4.97. The van der Waals surface area contributed by atoms with Crippen molar-refractivity contribution in [2.75, 3.05) is 5.32 Å². The maximum atomic E-state index is 5.91. The fraction of sp³-hybridized carbons (Fsp3) is 0. The van der Waals surface area contributed by atoms with Crippen LogP contribution in [0.5, 0.6) is 0 Å². The molecule has 0 fully saturated rings. The number of hydrogen-bond donors (Lipinski definition) is 1. The normalized spacial score (nSPS) is 10.0. The number of hydrogen-bond acceptors (Lipinski definition) is 1. The van der Waals surface area contributed by atoms with E-state index in [1.54, 1.807) is 0 Å². The highest BCUT2D eigenvalue weighted by Crippen LogP contribution is 2.17. The minimum atomic E-state index is 0.620. The molecule has 4 heteroatoms. The number of anilines is 1. The van der Waals surface area contributed by atoms with Gasteiger partial charge in [0.05, 0.1) is 0 Å². The molecule has 0 amide bonds. The molecule has 86 valence electrons. The van der Waals surface area contributed by atoms with E-state index in [0.717, 1.165) is 11.3 Å². The molecule has 17 heavy (non-hydrogen) atoms. The number of rotatable bonds is 2. The van der Waals surface area contributed by atoms with Gasteiger partial charge in [0, 0.05) is 21.3 Å². The van der Waals surface area contributed by atoms with Crippen molar-refractivity contribution >= 4 is 46.1 Å². The molecule has 0 heterocycles. The Kier molecular flexibility index (Phi) is 4.00. The molecule has 0 unspecified atom stereocenters. The summed E-state index contributed by atoms with van der Waals surface area (Å²) >= 11 is 17.1. The van der Waals surface area contributed by atoms with E-state index < -0.39 is 0 Å². The maximum absolute atomic E-state index is 5.91. The van der Waals surface area contributed by atoms with Crippen LogP contribution in [0.3, 0.4) is 0 Å². The van der Waals surface area contributed by atoms with Crippen LogP contribution in [0.15, 0.2) is 48.5 Å². The van der Waals surface area contributed by atoms with Crippen molar-refractivity contribution in [3.05, 3.63) is 64.1 Å². The van der Waals surface area contributed by atoms with Gasteiger partial charge in [-0.3, -0.25) is 0 Å². The largest absolute Gasteiger partial charge is 0.346 e. The second-order valence-corrected chi connectivity index (χ2v) is 4.76. The lowest BCUT2D eigenvalue weighted by atomic mass is 10.2. The Bertz CT molecular complexity index is 555. The van der Waals surface area contributed by atoms with Crippen LogP contribution in [0, 0.1) is 0 Å². The maximum Gasteiger partial charge on any atom is 0.111 e. The van der Waals surface area contributed by atoms with Crippen LogP contribution >= 0.6 is 35.4 Å². The first-order valence-corrected chi connectivity index (χ1v) is 6.14. The van der Waals surface area contributed by atoms with Gasteiger partial charge < -0.3 is 5.32 Å². The Morgan fingerprint density at radius 3 is 2.24 bits per heavy atom. The fourth-order valence-electron chi connectivity index (χ4n) is 1.40. The molecule has 2 rings (SSSR count). The molecule has 0 aliphatic carbocycles. The lowest BCUT2D eigenvalue weighted by molar-refractivity contribution is 1.61. The average Bonchev–Trinajstić information content (AvgIpc) is 2.29. The van der Waals surface area contributed by atoms with Crippen molar-refractivity contribution in [2.45, 2.75) is 0 Å². The van der Waals surface area contributed by atoms with Crippen LogP contribution in [0.1, 0.15) is 5.56 Å². The SMILES string of the molecule is S=C(Nc1cccc(Cl)c1)c1cccc(Cl)c1. The zero-order valence-electron chi connectivity index (χ0n) is 8.78. The lowest BCUT2D eigenvalue weighted by Gasteiger charge is -2.08. The third-order valence-electron chi connectivity index (χ3n) is 2.17. The molecule has 1 nitrogen and oxygen atoms in total. The van der Waals surface area contributed by atoms with E-state index in [-0.39, 0.29) is 0 Å². The third-order valence-corrected chi connectivity index (χ3v) is 2.98. The van der Waals surface area contributed by atoms with E-state index >= 15 is 0 Å². The van der Waals surface area contributed by atoms with Crippen molar-refractivity contribution < 1.29 is 0 Å². The number of nitrogens with one attached hydrogen (secondary N) is 1. The molecule has 0 bridgehead atoms. The van der Waals surface area contributed by atoms with Crippen LogP contribution in [0.2, 0.25) is 10.0 Å². The lowest BCUT2D eigenvalue weighted by Crippen LogP contribution is -2.10. The van der Waals surface area contributed by atoms with Gasteiger partial charge in [-0.25, -0.2) is 0 Å². The molecular formula is C13H9Cl2NS. The molecule has 0 saturated carbocycles. The first-order chi connectivity index (χ1) is 8.15. The quantitative estimate of drug-likeness (QED) is 0.795. The molecule has 0 spiro atoms. The topological polar surface area (TPSA) is 12.0 Å². The number of thiocarbonyl (C=S) groups is 1. The van der Waals surface area contributed by atoms with Gasteiger partial charge in [0.2, 0.25) is 0 Å². The van der Waals surface area contributed by atoms with Crippen LogP contribution in [0.25, 0.3) is 0 Å². The third kappa shape index (κ3) is 3.43. The van der Waals surface area contributed by atoms with Gasteiger partial charge in [0.25, 0.3) is 0 Å². The predicted octanol–water partition coefficient (Wildman–Crippen LogP) is 4.78. The Morgan fingerprint density at radius 2 is 1.59 bits per heavy atom. The summed E-state index contributed by atoms with van der Waals surface area (Å²) in [5.41, 5.74) is 1.75. The first kappa shape index (κ1) is 12.4. The highest BCUT2D eigenvalue weighted by Gasteiger charge is 2.02. The summed E-state index contributed by atoms with van der Waals surface area (Å²) in [6, 6.07) is 14.8. The van der Waals surface area contributed by atoms with E-state index in [9.17, 15) is 0 Å². The molecule has 1 N–H and O–H groups in total. The highest BCUT2D eigenvalue weighted by molar-refractivity contribution is 7.81. The minimum Gasteiger partial charge on any atom is -0.346 e. The summed E-state index contributed by atoms with van der Waals surface area (Å²) in [6.45, 7) is 0. The summed E-state index contributed by atoms with van der Waals surface area (Å²) in [6.07, 6.45) is 0. The van der Waals surface area contributed by atoms with Crippen molar-refractivity contribution in [2.24, 2.45) is 0 Å². The molecule has 0 aliphatic rings. The Balaban J connectivity index is 2.17. The van der Waals surface area contributed by atoms with Crippen molar-refractivity contribution in [3.63, 3.8) is 0 Å². The van der Waals surface area contributed by atoms with Crippen molar-refractivity contribution in [3.8, 4) is 0 Å². The molecule has 0 aromatic heterocycles. The van der Waals surface area contributed by atoms with Gasteiger partial charge in [-0.15, -0.1) is 0 Å². The summed E-state index contributed by atoms with van der Waals surface area (Å²) in [5.74, 6) is 0. The Morgan fingerprint density at radius 1 is 0.941 bits per heavy atom. The fourth-order valence-corrected chi connectivity index (χ4v) is 2.02. The molecule has 0 radical (unpaired) electrons. The minimum absolute atomic E-state index is 0.620. The summed E-state index contributed by atoms with van der Waals surface area (Å²) in [7, 11) is 0. The second-order valence-electron chi connectivity index (χ2n) is 3.47. The van der Waals surface area contributed by atoms with E-state index in [1.807, 2.05) is 48.5 Å². The average molecular weight is 282 g/mol. The monoisotopic (exact) mass is 281 g/mol. The summed E-state index contributed by atoms with van der Waals surface area (Å²) in [5, 5.41) is 4.45. The summed E-state index contributed by atoms with van der Waals surface area (Å²) in [4.78, 5) is 0.620. The van der Waals surface area contributed by atoms with Crippen LogP contribution in [-0.4, -0.2) is 4.99 Å². The second kappa shape index (κ2) is 5.50. The standard InChI is InChI=1S/C13H9Cl2NS/c14-10-4-1-3-9(7-10)13(17)16-12-6-2-5-11(15)8-12/h1-8H,(H,16,17). The number of benzene rings is 2. The van der Waals surface area contributed by atoms with Crippen molar-refractivity contribution in [1.82, 2.24) is 0 Å². The molecule has 0 saturated heterocycles. The molecule has 2 aromatic carbocycles. The molecule has 2 aromatic rings. The number of halogens is 2. The van der Waals surface area contributed by atoms with Crippen molar-refractivity contribution in [1.29, 1.82) is 0 Å². The predicted molar refractivity (Wildman–Crippen MR) is 78.2 cm³/mol. The van der Waals surface area contributed by atoms with Crippen LogP contribution in [-0.2, 0) is 0 Å². The van der Waals surface area contributed by atoms with Gasteiger partial charge in [-0.05, 0) is 30.3 Å². The van der Waals surface area contributed by atoms with Crippen LogP contribution < -0.4 is 5.32 Å². The molecule has 0 aliphatic heterocycles. The van der Waals surface area contributed by atoms with Crippen LogP contribution in [0.4, 0.5) is 5.69 Å². The Labute approximate surface area is 115 Å². The van der Waals surface area contributed by atoms with E-state index in [0.29, 0.717) is 15.0 Å². The van der Waals surface area contributed by atoms with E-state index in [4.69, 9.17) is 35.4 Å². The van der Waals surface area contributed by atoms with Gasteiger partial charge in [0.15, 0.2) is 0 Å². The zero-order valence-corrected chi connectivity index (χ0v) is 11.1. The molecular weight excluding hydrogens is 273 g/mol.